The number of para-hydroxylation sites is 1. The molecule has 1 N–H and O–H groups in total. The molecule has 0 atom stereocenters. The van der Waals surface area contributed by atoms with Gasteiger partial charge in [-0.2, -0.15) is 0 Å². The Bertz CT molecular complexity index is 1380. The Labute approximate surface area is 247 Å². The Morgan fingerprint density at radius 2 is 1.44 bits per heavy atom. The third-order valence-corrected chi connectivity index (χ3v) is 7.61. The van der Waals surface area contributed by atoms with Gasteiger partial charge >= 0.3 is 0 Å². The Morgan fingerprint density at radius 1 is 0.805 bits per heavy atom. The number of nitrogens with zero attached hydrogens (tertiary/aromatic N) is 3. The van der Waals surface area contributed by atoms with Crippen molar-refractivity contribution in [3.8, 4) is 17.2 Å². The van der Waals surface area contributed by atoms with E-state index in [1.807, 2.05) is 41.3 Å². The maximum absolute atomic E-state index is 13.9. The zero-order valence-corrected chi connectivity index (χ0v) is 24.7. The number of carbonyl (C=O) groups is 2. The van der Waals surface area contributed by atoms with Crippen LogP contribution in [-0.2, 0) is 17.6 Å². The molecule has 0 spiro atoms. The van der Waals surface area contributed by atoms with Gasteiger partial charge in [0.1, 0.15) is 0 Å². The highest BCUT2D eigenvalue weighted by molar-refractivity contribution is 6.07. The van der Waals surface area contributed by atoms with Crippen molar-refractivity contribution in [1.82, 2.24) is 9.80 Å². The minimum atomic E-state index is -0.330. The van der Waals surface area contributed by atoms with Crippen LogP contribution in [0.2, 0.25) is 0 Å². The number of carbonyl (C=O) groups excluding carboxylic acids is 2. The van der Waals surface area contributed by atoms with Crippen LogP contribution in [0.5, 0.6) is 17.2 Å². The Balaban J connectivity index is 0.00000387. The monoisotopic (exact) mass is 579 g/mol. The Kier molecular flexibility index (Phi) is 9.75. The van der Waals surface area contributed by atoms with Gasteiger partial charge in [-0.1, -0.05) is 24.3 Å². The Morgan fingerprint density at radius 3 is 2.07 bits per heavy atom. The molecule has 3 aromatic rings. The maximum Gasteiger partial charge on any atom is 0.255 e. The summed E-state index contributed by atoms with van der Waals surface area (Å²) >= 11 is 0. The number of nitrogens with one attached hydrogen (secondary N) is 1. The van der Waals surface area contributed by atoms with Crippen molar-refractivity contribution < 1.29 is 36.2 Å². The highest BCUT2D eigenvalue weighted by atomic mass is 35.5. The molecule has 5 rings (SSSR count). The second kappa shape index (κ2) is 13.2. The van der Waals surface area contributed by atoms with Crippen molar-refractivity contribution in [2.24, 2.45) is 0 Å². The second-order valence-electron chi connectivity index (χ2n) is 10.1. The third kappa shape index (κ3) is 6.43. The average molecular weight is 580 g/mol. The van der Waals surface area contributed by atoms with Gasteiger partial charge in [-0.3, -0.25) is 19.4 Å². The lowest BCUT2D eigenvalue weighted by molar-refractivity contribution is -0.119. The van der Waals surface area contributed by atoms with E-state index in [1.54, 1.807) is 12.1 Å². The molecule has 2 aliphatic rings. The van der Waals surface area contributed by atoms with Crippen molar-refractivity contribution in [3.63, 3.8) is 0 Å². The molecular weight excluding hydrogens is 544 g/mol. The lowest BCUT2D eigenvalue weighted by atomic mass is 10.0. The summed E-state index contributed by atoms with van der Waals surface area (Å²) in [6.45, 7) is 3.93. The second-order valence-corrected chi connectivity index (χ2v) is 10.1. The van der Waals surface area contributed by atoms with Crippen LogP contribution in [0.15, 0.2) is 54.6 Å². The summed E-state index contributed by atoms with van der Waals surface area (Å²) in [5.41, 5.74) is 4.84. The molecule has 0 bridgehead atoms. The van der Waals surface area contributed by atoms with Crippen LogP contribution in [0.3, 0.4) is 0 Å². The van der Waals surface area contributed by atoms with Crippen molar-refractivity contribution in [3.05, 3.63) is 71.3 Å². The highest BCUT2D eigenvalue weighted by Gasteiger charge is 2.28. The molecule has 41 heavy (non-hydrogen) atoms. The number of hydrogen-bond donors (Lipinski definition) is 1. The summed E-state index contributed by atoms with van der Waals surface area (Å²) in [7, 11) is 6.65. The fourth-order valence-electron chi connectivity index (χ4n) is 5.35. The van der Waals surface area contributed by atoms with E-state index in [9.17, 15) is 9.59 Å². The molecule has 3 aromatic carbocycles. The molecule has 0 aliphatic carbocycles. The van der Waals surface area contributed by atoms with Gasteiger partial charge in [0.25, 0.3) is 5.91 Å². The zero-order chi connectivity index (χ0) is 28.2. The van der Waals surface area contributed by atoms with Crippen LogP contribution in [0.1, 0.15) is 21.5 Å². The van der Waals surface area contributed by atoms with E-state index in [4.69, 9.17) is 14.2 Å². The summed E-state index contributed by atoms with van der Waals surface area (Å²) in [5.74, 6) is 0.897. The van der Waals surface area contributed by atoms with E-state index >= 15 is 0 Å². The van der Waals surface area contributed by atoms with Gasteiger partial charge in [-0.25, -0.2) is 0 Å². The van der Waals surface area contributed by atoms with Crippen molar-refractivity contribution in [1.29, 1.82) is 0 Å². The number of fused-ring (bicyclic) bond motifs is 2. The zero-order valence-electron chi connectivity index (χ0n) is 23.9. The van der Waals surface area contributed by atoms with Crippen molar-refractivity contribution in [2.75, 3.05) is 71.3 Å². The molecule has 10 heteroatoms. The van der Waals surface area contributed by atoms with Crippen LogP contribution in [0.25, 0.3) is 0 Å². The predicted octanol–water partition coefficient (Wildman–Crippen LogP) is 0.979. The average Bonchev–Trinajstić information content (AvgIpc) is 3.14. The van der Waals surface area contributed by atoms with Crippen LogP contribution in [0.4, 0.5) is 17.1 Å². The molecule has 2 aliphatic heterocycles. The molecule has 1 fully saturated rings. The van der Waals surface area contributed by atoms with Gasteiger partial charge < -0.3 is 36.8 Å². The summed E-state index contributed by atoms with van der Waals surface area (Å²) in [5, 5.41) is 2.99. The topological polar surface area (TPSA) is 83.6 Å². The molecule has 0 radical (unpaired) electrons. The van der Waals surface area contributed by atoms with Crippen LogP contribution in [0, 0.1) is 0 Å². The molecule has 2 amide bonds. The van der Waals surface area contributed by atoms with Gasteiger partial charge in [0.05, 0.1) is 39.2 Å². The number of anilines is 3. The predicted molar refractivity (Wildman–Crippen MR) is 155 cm³/mol. The first-order chi connectivity index (χ1) is 19.4. The minimum absolute atomic E-state index is 0. The largest absolute Gasteiger partial charge is 1.00 e. The number of ether oxygens (including phenoxy) is 3. The van der Waals surface area contributed by atoms with E-state index in [0.717, 1.165) is 61.5 Å². The van der Waals surface area contributed by atoms with Gasteiger partial charge in [0, 0.05) is 37.4 Å². The molecule has 1 saturated heterocycles. The van der Waals surface area contributed by atoms with E-state index in [0.29, 0.717) is 35.0 Å². The lowest BCUT2D eigenvalue weighted by Gasteiger charge is -2.34. The van der Waals surface area contributed by atoms with Crippen LogP contribution in [-0.4, -0.2) is 82.7 Å². The Hall–Kier alpha value is -3.79. The number of hydrogen-bond acceptors (Lipinski definition) is 7. The van der Waals surface area contributed by atoms with Crippen LogP contribution >= 0.6 is 0 Å². The number of piperazine rings is 1. The summed E-state index contributed by atoms with van der Waals surface area (Å²) in [6.07, 6.45) is 1.63. The summed E-state index contributed by atoms with van der Waals surface area (Å²) in [6, 6.07) is 17.1. The van der Waals surface area contributed by atoms with Gasteiger partial charge in [0.2, 0.25) is 11.7 Å². The van der Waals surface area contributed by atoms with Gasteiger partial charge in [-0.15, -0.1) is 0 Å². The number of aryl methyl sites for hydroxylation is 2. The number of benzene rings is 3. The van der Waals surface area contributed by atoms with E-state index < -0.39 is 0 Å². The fraction of sp³-hybridized carbons (Fsp3) is 0.355. The third-order valence-electron chi connectivity index (χ3n) is 7.61. The first-order valence-corrected chi connectivity index (χ1v) is 13.5. The number of rotatable bonds is 7. The SMILES string of the molecule is COc1cc(C(=O)Nc2ccc3c(c2)N(C(=O)CN2CCN(C)CC2)c2ccccc2CC3)cc(OC)c1OC.[Cl-]. The van der Waals surface area contributed by atoms with Gasteiger partial charge in [-0.05, 0) is 61.3 Å². The van der Waals surface area contributed by atoms with E-state index in [2.05, 4.69) is 28.2 Å². The van der Waals surface area contributed by atoms with Crippen molar-refractivity contribution >= 4 is 28.9 Å². The number of amides is 2. The van der Waals surface area contributed by atoms with E-state index in [1.165, 1.54) is 21.3 Å². The molecule has 0 unspecified atom stereocenters. The number of likely N-dealkylation sites (N-methyl/N-ethyl adjacent to an activating group) is 1. The normalized spacial score (nSPS) is 15.1. The summed E-state index contributed by atoms with van der Waals surface area (Å²) in [4.78, 5) is 33.6. The molecule has 2 heterocycles. The minimum Gasteiger partial charge on any atom is -1.00 e. The molecule has 9 nitrogen and oxygen atoms in total. The lowest BCUT2D eigenvalue weighted by Crippen LogP contribution is -3.00. The number of halogens is 1. The summed E-state index contributed by atoms with van der Waals surface area (Å²) < 4.78 is 16.2. The number of methoxy groups -OCH3 is 3. The van der Waals surface area contributed by atoms with Crippen molar-refractivity contribution in [2.45, 2.75) is 12.8 Å². The standard InChI is InChI=1S/C31H36N4O5.ClH/c1-33-13-15-34(16-14-33)20-29(36)35-25-8-6-5-7-21(25)9-10-22-11-12-24(19-26(22)35)32-31(37)23-17-27(38-2)30(40-4)28(18-23)39-3;/h5-8,11-12,17-19H,9-10,13-16,20H2,1-4H3,(H,32,37);1H/p-1. The first-order valence-electron chi connectivity index (χ1n) is 13.5. The van der Waals surface area contributed by atoms with Gasteiger partial charge in [0.15, 0.2) is 11.5 Å². The first kappa shape index (κ1) is 30.2. The molecular formula is C31H36ClN4O5-. The molecule has 0 saturated carbocycles. The van der Waals surface area contributed by atoms with Crippen LogP contribution < -0.4 is 36.8 Å². The fourth-order valence-corrected chi connectivity index (χ4v) is 5.35. The maximum atomic E-state index is 13.9. The molecule has 0 aromatic heterocycles. The van der Waals surface area contributed by atoms with E-state index in [-0.39, 0.29) is 24.2 Å². The highest BCUT2D eigenvalue weighted by Crippen LogP contribution is 2.40. The molecule has 218 valence electrons. The smallest absolute Gasteiger partial charge is 0.255 e. The quantitative estimate of drug-likeness (QED) is 0.447.